The molecule has 5 rings (SSSR count). The van der Waals surface area contributed by atoms with Gasteiger partial charge >= 0.3 is 12.2 Å². The lowest BCUT2D eigenvalue weighted by atomic mass is 9.85. The summed E-state index contributed by atoms with van der Waals surface area (Å²) in [6.07, 6.45) is -1.14. The summed E-state index contributed by atoms with van der Waals surface area (Å²) in [6, 6.07) is 12.3. The van der Waals surface area contributed by atoms with Gasteiger partial charge in [-0.25, -0.2) is 4.79 Å². The Morgan fingerprint density at radius 3 is 2.35 bits per heavy atom. The predicted molar refractivity (Wildman–Crippen MR) is 121 cm³/mol. The van der Waals surface area contributed by atoms with Gasteiger partial charge in [0.05, 0.1) is 11.3 Å². The first-order chi connectivity index (χ1) is 16.4. The standard InChI is InChI=1S/C24H24F3N5O2/c25-24(26,27)19-6-1-2-7-20(19)28-23(33)32-14-12-31(13-15-32)18-10-8-16(9-11-18)21-29-22(34-30-21)17-4-3-5-17/h1-2,6-11,17H,3-5,12-15H2,(H,28,33). The van der Waals surface area contributed by atoms with E-state index in [2.05, 4.69) is 20.4 Å². The number of nitrogens with one attached hydrogen (secondary N) is 1. The molecule has 1 saturated carbocycles. The number of anilines is 2. The maximum atomic E-state index is 13.2. The minimum absolute atomic E-state index is 0.236. The van der Waals surface area contributed by atoms with Crippen molar-refractivity contribution >= 4 is 17.4 Å². The first-order valence-corrected chi connectivity index (χ1v) is 11.3. The lowest BCUT2D eigenvalue weighted by Gasteiger charge is -2.36. The van der Waals surface area contributed by atoms with E-state index in [1.165, 1.54) is 29.5 Å². The largest absolute Gasteiger partial charge is 0.418 e. The Labute approximate surface area is 194 Å². The number of para-hydroxylation sites is 1. The smallest absolute Gasteiger partial charge is 0.368 e. The van der Waals surface area contributed by atoms with Crippen molar-refractivity contribution in [2.24, 2.45) is 0 Å². The van der Waals surface area contributed by atoms with Crippen molar-refractivity contribution in [3.63, 3.8) is 0 Å². The maximum absolute atomic E-state index is 13.2. The van der Waals surface area contributed by atoms with Crippen LogP contribution in [0.2, 0.25) is 0 Å². The lowest BCUT2D eigenvalue weighted by molar-refractivity contribution is -0.136. The summed E-state index contributed by atoms with van der Waals surface area (Å²) in [5.41, 5.74) is 0.775. The van der Waals surface area contributed by atoms with Crippen molar-refractivity contribution in [2.75, 3.05) is 36.4 Å². The molecule has 1 aliphatic heterocycles. The number of aromatic nitrogens is 2. The first-order valence-electron chi connectivity index (χ1n) is 11.3. The van der Waals surface area contributed by atoms with Crippen LogP contribution in [0, 0.1) is 0 Å². The van der Waals surface area contributed by atoms with Crippen LogP contribution in [0.4, 0.5) is 29.3 Å². The Kier molecular flexibility index (Phi) is 5.89. The number of rotatable bonds is 4. The number of hydrogen-bond acceptors (Lipinski definition) is 5. The van der Waals surface area contributed by atoms with E-state index in [0.29, 0.717) is 43.8 Å². The molecule has 178 valence electrons. The molecule has 2 aliphatic rings. The minimum Gasteiger partial charge on any atom is -0.368 e. The summed E-state index contributed by atoms with van der Waals surface area (Å²) in [5.74, 6) is 1.67. The normalized spacial score (nSPS) is 16.9. The molecule has 7 nitrogen and oxygen atoms in total. The van der Waals surface area contributed by atoms with Gasteiger partial charge in [0, 0.05) is 43.3 Å². The van der Waals surface area contributed by atoms with E-state index in [0.717, 1.165) is 30.2 Å². The second kappa shape index (κ2) is 9.00. The van der Waals surface area contributed by atoms with E-state index in [1.807, 2.05) is 24.3 Å². The van der Waals surface area contributed by atoms with Crippen LogP contribution in [0.3, 0.4) is 0 Å². The summed E-state index contributed by atoms with van der Waals surface area (Å²) >= 11 is 0. The first kappa shape index (κ1) is 22.2. The third-order valence-electron chi connectivity index (χ3n) is 6.43. The molecule has 0 atom stereocenters. The summed E-state index contributed by atoms with van der Waals surface area (Å²) in [6.45, 7) is 1.94. The molecule has 2 heterocycles. The van der Waals surface area contributed by atoms with Gasteiger partial charge in [0.15, 0.2) is 0 Å². The van der Waals surface area contributed by atoms with Crippen LogP contribution in [0.5, 0.6) is 0 Å². The highest BCUT2D eigenvalue weighted by Gasteiger charge is 2.34. The number of alkyl halides is 3. The quantitative estimate of drug-likeness (QED) is 0.553. The van der Waals surface area contributed by atoms with Gasteiger partial charge in [-0.05, 0) is 49.2 Å². The van der Waals surface area contributed by atoms with Gasteiger partial charge in [0.1, 0.15) is 0 Å². The van der Waals surface area contributed by atoms with Gasteiger partial charge in [0.25, 0.3) is 0 Å². The summed E-state index contributed by atoms with van der Waals surface area (Å²) < 4.78 is 45.0. The van der Waals surface area contributed by atoms with E-state index in [-0.39, 0.29) is 5.69 Å². The van der Waals surface area contributed by atoms with E-state index in [1.54, 1.807) is 0 Å². The van der Waals surface area contributed by atoms with E-state index in [4.69, 9.17) is 4.52 Å². The molecule has 2 fully saturated rings. The Morgan fingerprint density at radius 1 is 1.00 bits per heavy atom. The van der Waals surface area contributed by atoms with Crippen LogP contribution in [0.15, 0.2) is 53.1 Å². The van der Waals surface area contributed by atoms with Gasteiger partial charge in [-0.2, -0.15) is 18.2 Å². The third-order valence-corrected chi connectivity index (χ3v) is 6.43. The van der Waals surface area contributed by atoms with Gasteiger partial charge in [-0.15, -0.1) is 0 Å². The Balaban J connectivity index is 1.18. The van der Waals surface area contributed by atoms with E-state index >= 15 is 0 Å². The fraction of sp³-hybridized carbons (Fsp3) is 0.375. The molecule has 0 unspecified atom stereocenters. The Morgan fingerprint density at radius 2 is 1.71 bits per heavy atom. The van der Waals surface area contributed by atoms with E-state index in [9.17, 15) is 18.0 Å². The maximum Gasteiger partial charge on any atom is 0.418 e. The zero-order chi connectivity index (χ0) is 23.7. The van der Waals surface area contributed by atoms with Crippen molar-refractivity contribution in [2.45, 2.75) is 31.4 Å². The number of carbonyl (C=O) groups excluding carboxylic acids is 1. The third kappa shape index (κ3) is 4.57. The number of nitrogens with zero attached hydrogens (tertiary/aromatic N) is 4. The molecule has 0 bridgehead atoms. The van der Waals surface area contributed by atoms with Crippen molar-refractivity contribution in [1.82, 2.24) is 15.0 Å². The number of carbonyl (C=O) groups is 1. The highest BCUT2D eigenvalue weighted by atomic mass is 19.4. The van der Waals surface area contributed by atoms with Crippen LogP contribution in [-0.4, -0.2) is 47.3 Å². The van der Waals surface area contributed by atoms with Crippen LogP contribution >= 0.6 is 0 Å². The van der Waals surface area contributed by atoms with Gasteiger partial charge in [0.2, 0.25) is 11.7 Å². The monoisotopic (exact) mass is 471 g/mol. The average Bonchev–Trinajstić information content (AvgIpc) is 3.27. The number of amides is 2. The lowest BCUT2D eigenvalue weighted by Crippen LogP contribution is -2.50. The number of urea groups is 1. The fourth-order valence-corrected chi connectivity index (χ4v) is 4.20. The summed E-state index contributed by atoms with van der Waals surface area (Å²) in [7, 11) is 0. The topological polar surface area (TPSA) is 74.5 Å². The molecule has 1 aliphatic carbocycles. The average molecular weight is 471 g/mol. The highest BCUT2D eigenvalue weighted by Crippen LogP contribution is 2.36. The molecule has 10 heteroatoms. The molecule has 3 aromatic rings. The van der Waals surface area contributed by atoms with Gasteiger partial charge in [-0.1, -0.05) is 23.7 Å². The molecular formula is C24H24F3N5O2. The molecular weight excluding hydrogens is 447 g/mol. The zero-order valence-electron chi connectivity index (χ0n) is 18.4. The van der Waals surface area contributed by atoms with Crippen LogP contribution in [-0.2, 0) is 6.18 Å². The van der Waals surface area contributed by atoms with Crippen LogP contribution in [0.1, 0.15) is 36.6 Å². The summed E-state index contributed by atoms with van der Waals surface area (Å²) in [5, 5.41) is 6.51. The SMILES string of the molecule is O=C(Nc1ccccc1C(F)(F)F)N1CCN(c2ccc(-c3noc(C4CCC4)n3)cc2)CC1. The number of halogens is 3. The summed E-state index contributed by atoms with van der Waals surface area (Å²) in [4.78, 5) is 20.7. The molecule has 1 N–H and O–H groups in total. The second-order valence-corrected chi connectivity index (χ2v) is 8.58. The highest BCUT2D eigenvalue weighted by molar-refractivity contribution is 5.90. The molecule has 1 saturated heterocycles. The van der Waals surface area contributed by atoms with Crippen LogP contribution in [0.25, 0.3) is 11.4 Å². The van der Waals surface area contributed by atoms with Gasteiger partial charge < -0.3 is 19.6 Å². The number of hydrogen-bond donors (Lipinski definition) is 1. The molecule has 2 aromatic carbocycles. The molecule has 2 amide bonds. The predicted octanol–water partition coefficient (Wildman–Crippen LogP) is 5.38. The minimum atomic E-state index is -4.53. The number of benzene rings is 2. The van der Waals surface area contributed by atoms with Gasteiger partial charge in [-0.3, -0.25) is 0 Å². The molecule has 1 aromatic heterocycles. The Hall–Kier alpha value is -3.56. The zero-order valence-corrected chi connectivity index (χ0v) is 18.4. The van der Waals surface area contributed by atoms with Crippen LogP contribution < -0.4 is 10.2 Å². The van der Waals surface area contributed by atoms with Crippen molar-refractivity contribution in [1.29, 1.82) is 0 Å². The number of piperazine rings is 1. The molecule has 34 heavy (non-hydrogen) atoms. The molecule has 0 radical (unpaired) electrons. The second-order valence-electron chi connectivity index (χ2n) is 8.58. The van der Waals surface area contributed by atoms with Crippen molar-refractivity contribution in [3.05, 3.63) is 60.0 Å². The Bertz CT molecular complexity index is 1150. The van der Waals surface area contributed by atoms with Crippen molar-refractivity contribution < 1.29 is 22.5 Å². The fourth-order valence-electron chi connectivity index (χ4n) is 4.20. The molecule has 0 spiro atoms. The van der Waals surface area contributed by atoms with Crippen molar-refractivity contribution in [3.8, 4) is 11.4 Å². The van der Waals surface area contributed by atoms with E-state index < -0.39 is 17.8 Å².